The van der Waals surface area contributed by atoms with Crippen LogP contribution in [0.15, 0.2) is 60.9 Å². The highest BCUT2D eigenvalue weighted by Gasteiger charge is 2.10. The summed E-state index contributed by atoms with van der Waals surface area (Å²) in [4.78, 5) is 16.9. The Labute approximate surface area is 183 Å². The third-order valence-corrected chi connectivity index (χ3v) is 5.29. The van der Waals surface area contributed by atoms with Crippen LogP contribution in [0.25, 0.3) is 12.2 Å². The Balaban J connectivity index is 1.55. The molecule has 31 heavy (non-hydrogen) atoms. The molecule has 0 unspecified atom stereocenters. The SMILES string of the molecule is COc1ccccc1CCCCCC(=O)c1ccncc1/C=C/c1ccc(C)cc1F. The Bertz CT molecular complexity index is 1060. The molecule has 0 aliphatic heterocycles. The van der Waals surface area contributed by atoms with E-state index >= 15 is 0 Å². The molecule has 3 nitrogen and oxygen atoms in total. The van der Waals surface area contributed by atoms with Crippen LogP contribution in [-0.2, 0) is 6.42 Å². The summed E-state index contributed by atoms with van der Waals surface area (Å²) in [6, 6.07) is 14.9. The number of benzene rings is 2. The first-order valence-electron chi connectivity index (χ1n) is 10.6. The van der Waals surface area contributed by atoms with Gasteiger partial charge in [0.1, 0.15) is 11.6 Å². The van der Waals surface area contributed by atoms with Crippen molar-refractivity contribution >= 4 is 17.9 Å². The second-order valence-corrected chi connectivity index (χ2v) is 7.62. The molecular weight excluding hydrogens is 389 g/mol. The third-order valence-electron chi connectivity index (χ3n) is 5.29. The summed E-state index contributed by atoms with van der Waals surface area (Å²) >= 11 is 0. The average Bonchev–Trinajstić information content (AvgIpc) is 2.78. The molecule has 0 radical (unpaired) electrons. The molecule has 3 rings (SSSR count). The predicted octanol–water partition coefficient (Wildman–Crippen LogP) is 6.69. The molecule has 0 bridgehead atoms. The number of halogens is 1. The summed E-state index contributed by atoms with van der Waals surface area (Å²) in [5.41, 5.74) is 3.90. The van der Waals surface area contributed by atoms with Crippen molar-refractivity contribution in [2.75, 3.05) is 7.11 Å². The largest absolute Gasteiger partial charge is 0.496 e. The highest BCUT2D eigenvalue weighted by atomic mass is 19.1. The van der Waals surface area contributed by atoms with Crippen LogP contribution in [0, 0.1) is 12.7 Å². The highest BCUT2D eigenvalue weighted by molar-refractivity contribution is 6.00. The van der Waals surface area contributed by atoms with Crippen LogP contribution in [0.1, 0.15) is 58.3 Å². The molecule has 0 saturated heterocycles. The van der Waals surface area contributed by atoms with Gasteiger partial charge in [0.05, 0.1) is 7.11 Å². The van der Waals surface area contributed by atoms with Crippen LogP contribution < -0.4 is 4.74 Å². The fourth-order valence-electron chi connectivity index (χ4n) is 3.56. The summed E-state index contributed by atoms with van der Waals surface area (Å²) in [5.74, 6) is 0.726. The Hall–Kier alpha value is -3.27. The number of hydrogen-bond donors (Lipinski definition) is 0. The first-order chi connectivity index (χ1) is 15.1. The lowest BCUT2D eigenvalue weighted by atomic mass is 9.99. The normalized spacial score (nSPS) is 11.1. The monoisotopic (exact) mass is 417 g/mol. The van der Waals surface area contributed by atoms with Gasteiger partial charge in [-0.1, -0.05) is 48.9 Å². The fourth-order valence-corrected chi connectivity index (χ4v) is 3.56. The van der Waals surface area contributed by atoms with Crippen molar-refractivity contribution in [1.29, 1.82) is 0 Å². The van der Waals surface area contributed by atoms with Crippen molar-refractivity contribution in [3.8, 4) is 5.75 Å². The van der Waals surface area contributed by atoms with Crippen molar-refractivity contribution < 1.29 is 13.9 Å². The van der Waals surface area contributed by atoms with Gasteiger partial charge in [0, 0.05) is 35.5 Å². The molecule has 0 aliphatic carbocycles. The van der Waals surface area contributed by atoms with E-state index in [-0.39, 0.29) is 11.6 Å². The smallest absolute Gasteiger partial charge is 0.163 e. The van der Waals surface area contributed by atoms with Gasteiger partial charge in [0.25, 0.3) is 0 Å². The van der Waals surface area contributed by atoms with E-state index in [4.69, 9.17) is 4.74 Å². The van der Waals surface area contributed by atoms with E-state index in [1.54, 1.807) is 43.8 Å². The van der Waals surface area contributed by atoms with Crippen LogP contribution in [0.5, 0.6) is 5.75 Å². The molecule has 0 N–H and O–H groups in total. The van der Waals surface area contributed by atoms with E-state index in [1.807, 2.05) is 31.2 Å². The summed E-state index contributed by atoms with van der Waals surface area (Å²) in [7, 11) is 1.69. The molecule has 2 aromatic carbocycles. The number of nitrogens with zero attached hydrogens (tertiary/aromatic N) is 1. The minimum Gasteiger partial charge on any atom is -0.496 e. The van der Waals surface area contributed by atoms with Crippen molar-refractivity contribution in [1.82, 2.24) is 4.98 Å². The van der Waals surface area contributed by atoms with E-state index < -0.39 is 0 Å². The number of carbonyl (C=O) groups excluding carboxylic acids is 1. The lowest BCUT2D eigenvalue weighted by Crippen LogP contribution is -2.02. The number of rotatable bonds is 10. The second kappa shape index (κ2) is 11.2. The maximum atomic E-state index is 14.1. The van der Waals surface area contributed by atoms with Crippen molar-refractivity contribution in [2.45, 2.75) is 39.0 Å². The van der Waals surface area contributed by atoms with E-state index in [2.05, 4.69) is 11.1 Å². The molecule has 1 heterocycles. The standard InChI is InChI=1S/C27H28FNO2/c1-20-12-13-21(25(28)18-20)14-15-23-19-29-17-16-24(23)26(30)10-5-3-4-8-22-9-6-7-11-27(22)31-2/h6-7,9,11-19H,3-5,8,10H2,1-2H3/b15-14+. The van der Waals surface area contributed by atoms with Crippen molar-refractivity contribution in [2.24, 2.45) is 0 Å². The summed E-state index contributed by atoms with van der Waals surface area (Å²) < 4.78 is 19.5. The Morgan fingerprint density at radius 1 is 1.03 bits per heavy atom. The molecule has 0 atom stereocenters. The minimum atomic E-state index is -0.275. The zero-order valence-corrected chi connectivity index (χ0v) is 18.1. The summed E-state index contributed by atoms with van der Waals surface area (Å²) in [6.45, 7) is 1.85. The molecule has 0 amide bonds. The van der Waals surface area contributed by atoms with Crippen LogP contribution >= 0.6 is 0 Å². The number of carbonyl (C=O) groups is 1. The van der Waals surface area contributed by atoms with Gasteiger partial charge in [0.15, 0.2) is 5.78 Å². The number of ether oxygens (including phenoxy) is 1. The number of para-hydroxylation sites is 1. The molecule has 4 heteroatoms. The van der Waals surface area contributed by atoms with E-state index in [9.17, 15) is 9.18 Å². The third kappa shape index (κ3) is 6.35. The second-order valence-electron chi connectivity index (χ2n) is 7.62. The number of methoxy groups -OCH3 is 1. The first-order valence-corrected chi connectivity index (χ1v) is 10.6. The predicted molar refractivity (Wildman–Crippen MR) is 124 cm³/mol. The Morgan fingerprint density at radius 3 is 2.65 bits per heavy atom. The zero-order valence-electron chi connectivity index (χ0n) is 18.1. The molecule has 0 saturated carbocycles. The number of unbranched alkanes of at least 4 members (excludes halogenated alkanes) is 2. The molecule has 3 aromatic rings. The molecule has 1 aromatic heterocycles. The maximum absolute atomic E-state index is 14.1. The topological polar surface area (TPSA) is 39.2 Å². The van der Waals surface area contributed by atoms with Gasteiger partial charge < -0.3 is 4.74 Å². The maximum Gasteiger partial charge on any atom is 0.163 e. The highest BCUT2D eigenvalue weighted by Crippen LogP contribution is 2.21. The van der Waals surface area contributed by atoms with Crippen molar-refractivity contribution in [3.05, 3.63) is 94.6 Å². The van der Waals surface area contributed by atoms with E-state index in [0.717, 1.165) is 37.0 Å². The number of ketones is 1. The minimum absolute atomic E-state index is 0.0868. The molecular formula is C27H28FNO2. The number of aromatic nitrogens is 1. The van der Waals surface area contributed by atoms with Crippen LogP contribution in [0.3, 0.4) is 0 Å². The van der Waals surface area contributed by atoms with Crippen molar-refractivity contribution in [3.63, 3.8) is 0 Å². The zero-order chi connectivity index (χ0) is 22.1. The lowest BCUT2D eigenvalue weighted by molar-refractivity contribution is 0.0979. The van der Waals surface area contributed by atoms with Gasteiger partial charge in [-0.2, -0.15) is 0 Å². The van der Waals surface area contributed by atoms with Gasteiger partial charge in [-0.15, -0.1) is 0 Å². The van der Waals surface area contributed by atoms with Gasteiger partial charge in [-0.3, -0.25) is 9.78 Å². The lowest BCUT2D eigenvalue weighted by Gasteiger charge is -2.08. The van der Waals surface area contributed by atoms with Gasteiger partial charge in [-0.25, -0.2) is 4.39 Å². The number of pyridine rings is 1. The fraction of sp³-hybridized carbons (Fsp3) is 0.259. The number of Topliss-reactive ketones (excluding diaryl/α,β-unsaturated/α-hetero) is 1. The number of aryl methyl sites for hydroxylation is 2. The average molecular weight is 418 g/mol. The van der Waals surface area contributed by atoms with Crippen LogP contribution in [0.2, 0.25) is 0 Å². The van der Waals surface area contributed by atoms with Gasteiger partial charge in [-0.05, 0) is 55.5 Å². The molecule has 0 spiro atoms. The Morgan fingerprint density at radius 2 is 1.84 bits per heavy atom. The number of hydrogen-bond acceptors (Lipinski definition) is 3. The van der Waals surface area contributed by atoms with E-state index in [0.29, 0.717) is 23.1 Å². The Kier molecular flexibility index (Phi) is 8.11. The molecule has 0 aliphatic rings. The first kappa shape index (κ1) is 22.4. The molecule has 160 valence electrons. The quantitative estimate of drug-likeness (QED) is 0.272. The van der Waals surface area contributed by atoms with Crippen LogP contribution in [0.4, 0.5) is 4.39 Å². The molecule has 0 fully saturated rings. The van der Waals surface area contributed by atoms with Gasteiger partial charge in [0.2, 0.25) is 0 Å². The van der Waals surface area contributed by atoms with Crippen LogP contribution in [-0.4, -0.2) is 17.9 Å². The van der Waals surface area contributed by atoms with E-state index in [1.165, 1.54) is 11.6 Å². The summed E-state index contributed by atoms with van der Waals surface area (Å²) in [5, 5.41) is 0. The summed E-state index contributed by atoms with van der Waals surface area (Å²) in [6.07, 6.45) is 10.9. The van der Waals surface area contributed by atoms with Gasteiger partial charge >= 0.3 is 0 Å².